The van der Waals surface area contributed by atoms with Crippen LogP contribution in [0.4, 0.5) is 0 Å². The summed E-state index contributed by atoms with van der Waals surface area (Å²) in [7, 11) is 0. The van der Waals surface area contributed by atoms with Crippen LogP contribution in [0.3, 0.4) is 0 Å². The van der Waals surface area contributed by atoms with E-state index in [9.17, 15) is 0 Å². The Bertz CT molecular complexity index is 639. The lowest BCUT2D eigenvalue weighted by Gasteiger charge is -2.22. The number of nitrogens with one attached hydrogen (secondary N) is 2. The molecule has 1 unspecified atom stereocenters. The van der Waals surface area contributed by atoms with Crippen LogP contribution in [0.15, 0.2) is 23.2 Å². The molecule has 1 aliphatic rings. The number of ether oxygens (including phenoxy) is 4. The summed E-state index contributed by atoms with van der Waals surface area (Å²) in [4.78, 5) is 4.70. The van der Waals surface area contributed by atoms with Crippen LogP contribution in [0.25, 0.3) is 0 Å². The maximum Gasteiger partial charge on any atom is 0.191 e. The molecule has 1 fully saturated rings. The van der Waals surface area contributed by atoms with Crippen LogP contribution in [0.5, 0.6) is 11.5 Å². The van der Waals surface area contributed by atoms with Crippen molar-refractivity contribution in [3.05, 3.63) is 23.8 Å². The summed E-state index contributed by atoms with van der Waals surface area (Å²) < 4.78 is 22.7. The van der Waals surface area contributed by atoms with Gasteiger partial charge in [0, 0.05) is 32.9 Å². The van der Waals surface area contributed by atoms with Crippen LogP contribution in [-0.4, -0.2) is 58.2 Å². The first-order chi connectivity index (χ1) is 14.7. The minimum Gasteiger partial charge on any atom is -0.490 e. The first kappa shape index (κ1) is 27.8. The fraction of sp³-hybridized carbons (Fsp3) is 0.696. The molecule has 0 bridgehead atoms. The number of nitrogens with zero attached hydrogens (tertiary/aromatic N) is 1. The monoisotopic (exact) mass is 549 g/mol. The Balaban J connectivity index is 0.00000480. The van der Waals surface area contributed by atoms with E-state index in [2.05, 4.69) is 30.5 Å². The van der Waals surface area contributed by atoms with Crippen molar-refractivity contribution in [2.24, 2.45) is 4.99 Å². The largest absolute Gasteiger partial charge is 0.490 e. The van der Waals surface area contributed by atoms with E-state index in [1.165, 1.54) is 0 Å². The van der Waals surface area contributed by atoms with Gasteiger partial charge < -0.3 is 29.6 Å². The highest BCUT2D eigenvalue weighted by Gasteiger charge is 2.14. The highest BCUT2D eigenvalue weighted by molar-refractivity contribution is 14.0. The second-order valence-electron chi connectivity index (χ2n) is 7.23. The van der Waals surface area contributed by atoms with Crippen molar-refractivity contribution >= 4 is 29.9 Å². The molecule has 1 saturated heterocycles. The molecular weight excluding hydrogens is 509 g/mol. The quantitative estimate of drug-likeness (QED) is 0.175. The SMILES string of the molecule is CCNC(=NCCCOC1CCOCC1)NC(C)c1ccc(OCC)c(OCC)c1.I. The van der Waals surface area contributed by atoms with E-state index >= 15 is 0 Å². The average Bonchev–Trinajstić information content (AvgIpc) is 2.76. The lowest BCUT2D eigenvalue weighted by atomic mass is 10.1. The predicted molar refractivity (Wildman–Crippen MR) is 136 cm³/mol. The molecule has 0 spiro atoms. The normalized spacial score (nSPS) is 15.7. The molecule has 0 saturated carbocycles. The van der Waals surface area contributed by atoms with Crippen molar-refractivity contribution in [3.63, 3.8) is 0 Å². The number of benzene rings is 1. The smallest absolute Gasteiger partial charge is 0.191 e. The number of rotatable bonds is 12. The lowest BCUT2D eigenvalue weighted by Crippen LogP contribution is -2.38. The van der Waals surface area contributed by atoms with Crippen LogP contribution < -0.4 is 20.1 Å². The van der Waals surface area contributed by atoms with Gasteiger partial charge in [-0.25, -0.2) is 0 Å². The molecule has 31 heavy (non-hydrogen) atoms. The van der Waals surface area contributed by atoms with Gasteiger partial charge in [-0.3, -0.25) is 4.99 Å². The Hall–Kier alpha value is -1.26. The Kier molecular flexibility index (Phi) is 14.7. The van der Waals surface area contributed by atoms with Gasteiger partial charge in [0.1, 0.15) is 0 Å². The third-order valence-corrected chi connectivity index (χ3v) is 4.86. The second-order valence-corrected chi connectivity index (χ2v) is 7.23. The molecule has 8 heteroatoms. The molecule has 0 aromatic heterocycles. The molecule has 2 N–H and O–H groups in total. The zero-order valence-corrected chi connectivity index (χ0v) is 21.8. The first-order valence-corrected chi connectivity index (χ1v) is 11.3. The van der Waals surface area contributed by atoms with Crippen LogP contribution >= 0.6 is 24.0 Å². The Labute approximate surface area is 204 Å². The van der Waals surface area contributed by atoms with E-state index in [-0.39, 0.29) is 30.0 Å². The van der Waals surface area contributed by atoms with E-state index in [0.717, 1.165) is 75.2 Å². The van der Waals surface area contributed by atoms with Crippen LogP contribution in [0.2, 0.25) is 0 Å². The molecule has 1 aliphatic heterocycles. The molecule has 0 aliphatic carbocycles. The highest BCUT2D eigenvalue weighted by Crippen LogP contribution is 2.30. The summed E-state index contributed by atoms with van der Waals surface area (Å²) in [5.41, 5.74) is 1.12. The minimum absolute atomic E-state index is 0. The summed E-state index contributed by atoms with van der Waals surface area (Å²) in [5, 5.41) is 6.80. The summed E-state index contributed by atoms with van der Waals surface area (Å²) >= 11 is 0. The molecule has 1 atom stereocenters. The van der Waals surface area contributed by atoms with E-state index in [1.54, 1.807) is 0 Å². The molecule has 7 nitrogen and oxygen atoms in total. The standard InChI is InChI=1S/C23H39N3O4.HI/c1-5-24-23(25-13-8-14-30-20-11-15-27-16-12-20)26-18(4)19-9-10-21(28-6-2)22(17-19)29-7-3;/h9-10,17-18,20H,5-8,11-16H2,1-4H3,(H2,24,25,26);1H. The van der Waals surface area contributed by atoms with Gasteiger partial charge in [0.15, 0.2) is 17.5 Å². The van der Waals surface area contributed by atoms with Crippen LogP contribution in [0, 0.1) is 0 Å². The minimum atomic E-state index is 0. The van der Waals surface area contributed by atoms with Crippen LogP contribution in [-0.2, 0) is 9.47 Å². The lowest BCUT2D eigenvalue weighted by molar-refractivity contribution is -0.0318. The van der Waals surface area contributed by atoms with Gasteiger partial charge in [-0.2, -0.15) is 0 Å². The molecular formula is C23H40IN3O4. The maximum absolute atomic E-state index is 5.93. The molecule has 2 rings (SSSR count). The van der Waals surface area contributed by atoms with E-state index in [1.807, 2.05) is 26.0 Å². The van der Waals surface area contributed by atoms with Crippen molar-refractivity contribution < 1.29 is 18.9 Å². The number of aliphatic imine (C=N–C) groups is 1. The fourth-order valence-electron chi connectivity index (χ4n) is 3.29. The zero-order valence-electron chi connectivity index (χ0n) is 19.4. The number of hydrogen-bond donors (Lipinski definition) is 2. The topological polar surface area (TPSA) is 73.3 Å². The predicted octanol–water partition coefficient (Wildman–Crippen LogP) is 4.30. The van der Waals surface area contributed by atoms with Crippen molar-refractivity contribution in [1.29, 1.82) is 0 Å². The van der Waals surface area contributed by atoms with Crippen molar-refractivity contribution in [3.8, 4) is 11.5 Å². The average molecular weight is 549 g/mol. The molecule has 1 heterocycles. The molecule has 178 valence electrons. The van der Waals surface area contributed by atoms with Gasteiger partial charge in [0.2, 0.25) is 0 Å². The van der Waals surface area contributed by atoms with Gasteiger partial charge in [-0.1, -0.05) is 6.07 Å². The van der Waals surface area contributed by atoms with Gasteiger partial charge in [-0.15, -0.1) is 24.0 Å². The van der Waals surface area contributed by atoms with Gasteiger partial charge in [0.05, 0.1) is 25.4 Å². The fourth-order valence-corrected chi connectivity index (χ4v) is 3.29. The van der Waals surface area contributed by atoms with Gasteiger partial charge in [-0.05, 0) is 64.7 Å². The zero-order chi connectivity index (χ0) is 21.6. The third kappa shape index (κ3) is 10.3. The molecule has 0 amide bonds. The summed E-state index contributed by atoms with van der Waals surface area (Å²) in [5.74, 6) is 2.36. The molecule has 1 aromatic rings. The second kappa shape index (κ2) is 16.4. The summed E-state index contributed by atoms with van der Waals surface area (Å²) in [6.07, 6.45) is 3.24. The summed E-state index contributed by atoms with van der Waals surface area (Å²) in [6, 6.07) is 6.16. The van der Waals surface area contributed by atoms with Gasteiger partial charge in [0.25, 0.3) is 0 Å². The number of halogens is 1. The van der Waals surface area contributed by atoms with E-state index < -0.39 is 0 Å². The number of guanidine groups is 1. The highest BCUT2D eigenvalue weighted by atomic mass is 127. The summed E-state index contributed by atoms with van der Waals surface area (Å²) in [6.45, 7) is 13.2. The van der Waals surface area contributed by atoms with E-state index in [0.29, 0.717) is 19.3 Å². The Morgan fingerprint density at radius 2 is 1.84 bits per heavy atom. The number of hydrogen-bond acceptors (Lipinski definition) is 5. The Morgan fingerprint density at radius 3 is 2.52 bits per heavy atom. The Morgan fingerprint density at radius 1 is 1.13 bits per heavy atom. The van der Waals surface area contributed by atoms with Gasteiger partial charge >= 0.3 is 0 Å². The molecule has 1 aromatic carbocycles. The van der Waals surface area contributed by atoms with Crippen molar-refractivity contribution in [1.82, 2.24) is 10.6 Å². The van der Waals surface area contributed by atoms with Crippen molar-refractivity contribution in [2.75, 3.05) is 46.1 Å². The first-order valence-electron chi connectivity index (χ1n) is 11.3. The third-order valence-electron chi connectivity index (χ3n) is 4.86. The van der Waals surface area contributed by atoms with Crippen molar-refractivity contribution in [2.45, 2.75) is 59.1 Å². The maximum atomic E-state index is 5.93. The van der Waals surface area contributed by atoms with Crippen LogP contribution in [0.1, 0.15) is 58.6 Å². The molecule has 0 radical (unpaired) electrons. The van der Waals surface area contributed by atoms with E-state index in [4.69, 9.17) is 23.9 Å².